The van der Waals surface area contributed by atoms with Crippen LogP contribution in [-0.4, -0.2) is 0 Å². The van der Waals surface area contributed by atoms with Crippen LogP contribution < -0.4 is 10.5 Å². The van der Waals surface area contributed by atoms with Crippen LogP contribution in [0.1, 0.15) is 0 Å². The van der Waals surface area contributed by atoms with Crippen LogP contribution in [0.5, 0.6) is 11.5 Å². The highest BCUT2D eigenvalue weighted by molar-refractivity contribution is 5.86. The fraction of sp³-hybridized carbons (Fsp3) is 0. The molecule has 0 fully saturated rings. The van der Waals surface area contributed by atoms with Crippen molar-refractivity contribution in [1.82, 2.24) is 0 Å². The third-order valence-electron chi connectivity index (χ3n) is 2.42. The molecule has 2 aromatic rings. The predicted molar refractivity (Wildman–Crippen MR) is 56.4 cm³/mol. The van der Waals surface area contributed by atoms with Gasteiger partial charge in [0.25, 0.3) is 0 Å². The van der Waals surface area contributed by atoms with Gasteiger partial charge in [0.1, 0.15) is 0 Å². The first kappa shape index (κ1) is 7.44. The summed E-state index contributed by atoms with van der Waals surface area (Å²) in [6, 6.07) is 14.0. The van der Waals surface area contributed by atoms with Gasteiger partial charge in [-0.1, -0.05) is 30.3 Å². The van der Waals surface area contributed by atoms with E-state index in [1.807, 2.05) is 42.5 Å². The molecule has 0 saturated carbocycles. The minimum Gasteiger partial charge on any atom is -0.447 e. The molecule has 0 aromatic heterocycles. The quantitative estimate of drug-likeness (QED) is 0.465. The molecule has 2 aromatic carbocycles. The van der Waals surface area contributed by atoms with Gasteiger partial charge < -0.3 is 10.5 Å². The average Bonchev–Trinajstić information content (AvgIpc) is 3.00. The van der Waals surface area contributed by atoms with Crippen molar-refractivity contribution in [3.63, 3.8) is 0 Å². The van der Waals surface area contributed by atoms with Crippen LogP contribution in [0.4, 0.5) is 5.69 Å². The lowest BCUT2D eigenvalue weighted by atomic mass is 10.0. The van der Waals surface area contributed by atoms with Gasteiger partial charge in [-0.2, -0.15) is 0 Å². The van der Waals surface area contributed by atoms with Crippen LogP contribution in [0.3, 0.4) is 0 Å². The summed E-state index contributed by atoms with van der Waals surface area (Å²) >= 11 is 0. The molecule has 0 bridgehead atoms. The minimum atomic E-state index is 0.744. The number of rotatable bonds is 1. The number of nitrogens with two attached hydrogens (primary N) is 1. The molecule has 0 radical (unpaired) electrons. The summed E-state index contributed by atoms with van der Waals surface area (Å²) in [5.74, 6) is 1.74. The largest absolute Gasteiger partial charge is 0.447 e. The Kier molecular flexibility index (Phi) is 1.34. The predicted octanol–water partition coefficient (Wildman–Crippen LogP) is 3.04. The first-order chi connectivity index (χ1) is 6.86. The van der Waals surface area contributed by atoms with Gasteiger partial charge in [0.2, 0.25) is 0 Å². The topological polar surface area (TPSA) is 38.5 Å². The number of fused-ring (bicyclic) bond motifs is 1. The highest BCUT2D eigenvalue weighted by atomic mass is 16.6. The molecule has 0 aliphatic carbocycles. The van der Waals surface area contributed by atoms with Crippen LogP contribution in [0.25, 0.3) is 11.1 Å². The van der Waals surface area contributed by atoms with Gasteiger partial charge in [-0.25, -0.2) is 0 Å². The van der Waals surface area contributed by atoms with Crippen molar-refractivity contribution in [3.05, 3.63) is 42.5 Å². The molecule has 1 aliphatic rings. The van der Waals surface area contributed by atoms with E-state index in [9.17, 15) is 0 Å². The lowest BCUT2D eigenvalue weighted by Crippen LogP contribution is -1.86. The monoisotopic (exact) mass is 183 g/mol. The molecule has 1 heterocycles. The Labute approximate surface area is 81.9 Å². The summed E-state index contributed by atoms with van der Waals surface area (Å²) in [4.78, 5) is 0. The fourth-order valence-corrected chi connectivity index (χ4v) is 1.62. The maximum Gasteiger partial charge on any atom is 0.193 e. The number of benzene rings is 2. The Balaban J connectivity index is 2.19. The molecule has 2 N–H and O–H groups in total. The average molecular weight is 183 g/mol. The van der Waals surface area contributed by atoms with E-state index in [2.05, 4.69) is 0 Å². The van der Waals surface area contributed by atoms with Crippen molar-refractivity contribution in [2.24, 2.45) is 0 Å². The summed E-state index contributed by atoms with van der Waals surface area (Å²) < 4.78 is 5.21. The highest BCUT2D eigenvalue weighted by Gasteiger charge is 2.25. The first-order valence-corrected chi connectivity index (χ1v) is 4.52. The summed E-state index contributed by atoms with van der Waals surface area (Å²) in [7, 11) is 0. The number of hydrogen-bond donors (Lipinski definition) is 1. The normalized spacial score (nSPS) is 11.7. The van der Waals surface area contributed by atoms with Gasteiger partial charge in [0, 0.05) is 5.56 Å². The molecule has 0 amide bonds. The van der Waals surface area contributed by atoms with E-state index >= 15 is 0 Å². The molecule has 2 nitrogen and oxygen atoms in total. The molecular weight excluding hydrogens is 174 g/mol. The standard InChI is InChI=1S/C12H9NO/c13-11-9(6-7-10-12(11)14-10)8-4-2-1-3-5-8/h1-7H,13H2. The van der Waals surface area contributed by atoms with Crippen LogP contribution in [0, 0.1) is 0 Å². The fourth-order valence-electron chi connectivity index (χ4n) is 1.62. The Morgan fingerprint density at radius 3 is 2.50 bits per heavy atom. The zero-order valence-electron chi connectivity index (χ0n) is 7.53. The van der Waals surface area contributed by atoms with Crippen LogP contribution in [0.15, 0.2) is 42.5 Å². The van der Waals surface area contributed by atoms with Gasteiger partial charge in [0.05, 0.1) is 5.69 Å². The SMILES string of the molecule is Nc1c(-c2ccccc2)ccc2c1O2. The van der Waals surface area contributed by atoms with Gasteiger partial charge in [0.15, 0.2) is 11.5 Å². The van der Waals surface area contributed by atoms with Crippen molar-refractivity contribution in [2.75, 3.05) is 5.73 Å². The molecule has 0 unspecified atom stereocenters. The van der Waals surface area contributed by atoms with Gasteiger partial charge >= 0.3 is 0 Å². The van der Waals surface area contributed by atoms with E-state index in [1.54, 1.807) is 0 Å². The smallest absolute Gasteiger partial charge is 0.193 e. The van der Waals surface area contributed by atoms with E-state index in [0.717, 1.165) is 28.3 Å². The van der Waals surface area contributed by atoms with E-state index in [4.69, 9.17) is 10.5 Å². The van der Waals surface area contributed by atoms with E-state index < -0.39 is 0 Å². The Morgan fingerprint density at radius 2 is 1.71 bits per heavy atom. The molecule has 14 heavy (non-hydrogen) atoms. The maximum atomic E-state index is 5.94. The van der Waals surface area contributed by atoms with Crippen molar-refractivity contribution < 1.29 is 4.74 Å². The summed E-state index contributed by atoms with van der Waals surface area (Å²) in [6.45, 7) is 0. The summed E-state index contributed by atoms with van der Waals surface area (Å²) in [5, 5.41) is 0. The van der Waals surface area contributed by atoms with Crippen LogP contribution in [-0.2, 0) is 0 Å². The Morgan fingerprint density at radius 1 is 0.929 bits per heavy atom. The second-order valence-electron chi connectivity index (χ2n) is 3.32. The molecule has 2 heteroatoms. The second kappa shape index (κ2) is 2.51. The van der Waals surface area contributed by atoms with Crippen molar-refractivity contribution in [3.8, 4) is 22.6 Å². The zero-order valence-corrected chi connectivity index (χ0v) is 7.53. The molecular formula is C12H9NO. The molecule has 3 rings (SSSR count). The lowest BCUT2D eigenvalue weighted by Gasteiger charge is -2.01. The maximum absolute atomic E-state index is 5.94. The third-order valence-corrected chi connectivity index (χ3v) is 2.42. The van der Waals surface area contributed by atoms with Crippen molar-refractivity contribution >= 4 is 5.69 Å². The molecule has 0 saturated heterocycles. The molecule has 0 atom stereocenters. The molecule has 1 aliphatic heterocycles. The Bertz CT molecular complexity index is 491. The number of ether oxygens (including phenoxy) is 1. The number of nitrogen functional groups attached to an aromatic ring is 1. The van der Waals surface area contributed by atoms with Gasteiger partial charge in [-0.05, 0) is 17.7 Å². The molecule has 0 spiro atoms. The van der Waals surface area contributed by atoms with Crippen LogP contribution in [0.2, 0.25) is 0 Å². The summed E-state index contributed by atoms with van der Waals surface area (Å²) in [6.07, 6.45) is 0. The highest BCUT2D eigenvalue weighted by Crippen LogP contribution is 2.53. The van der Waals surface area contributed by atoms with E-state index in [1.165, 1.54) is 0 Å². The Hall–Kier alpha value is -1.96. The summed E-state index contributed by atoms with van der Waals surface area (Å²) in [5.41, 5.74) is 8.86. The van der Waals surface area contributed by atoms with Crippen LogP contribution >= 0.6 is 0 Å². The number of anilines is 1. The van der Waals surface area contributed by atoms with Gasteiger partial charge in [-0.3, -0.25) is 0 Å². The third kappa shape index (κ3) is 0.973. The lowest BCUT2D eigenvalue weighted by molar-refractivity contribution is 0.651. The van der Waals surface area contributed by atoms with Crippen molar-refractivity contribution in [2.45, 2.75) is 0 Å². The zero-order chi connectivity index (χ0) is 9.54. The number of hydrogen-bond acceptors (Lipinski definition) is 2. The van der Waals surface area contributed by atoms with Crippen molar-refractivity contribution in [1.29, 1.82) is 0 Å². The van der Waals surface area contributed by atoms with E-state index in [0.29, 0.717) is 0 Å². The second-order valence-corrected chi connectivity index (χ2v) is 3.32. The van der Waals surface area contributed by atoms with Gasteiger partial charge in [-0.15, -0.1) is 0 Å². The van der Waals surface area contributed by atoms with E-state index in [-0.39, 0.29) is 0 Å². The first-order valence-electron chi connectivity index (χ1n) is 4.52. The molecule has 68 valence electrons. The minimum absolute atomic E-state index is 0.744.